The fraction of sp³-hybridized carbons (Fsp3) is 0.318. The topological polar surface area (TPSA) is 116 Å². The molecule has 0 aliphatic carbocycles. The fourth-order valence-electron chi connectivity index (χ4n) is 4.28. The van der Waals surface area contributed by atoms with E-state index in [4.69, 9.17) is 0 Å². The Balaban J connectivity index is 1.47. The summed E-state index contributed by atoms with van der Waals surface area (Å²) in [5, 5.41) is 13.0. The first-order chi connectivity index (χ1) is 16.6. The number of imide groups is 1. The number of carbonyl (C=O) groups excluding carboxylic acids is 3. The Kier molecular flexibility index (Phi) is 6.09. The van der Waals surface area contributed by atoms with E-state index in [2.05, 4.69) is 0 Å². The molecule has 35 heavy (non-hydrogen) atoms. The second-order valence-electron chi connectivity index (χ2n) is 8.05. The summed E-state index contributed by atoms with van der Waals surface area (Å²) in [7, 11) is 0. The minimum atomic E-state index is -5.14. The molecule has 2 aromatic carbocycles. The van der Waals surface area contributed by atoms with E-state index in [-0.39, 0.29) is 36.8 Å². The van der Waals surface area contributed by atoms with Crippen LogP contribution >= 0.6 is 0 Å². The molecule has 2 saturated heterocycles. The molecule has 1 atom stereocenters. The van der Waals surface area contributed by atoms with Crippen molar-refractivity contribution >= 4 is 29.2 Å². The molecule has 2 aliphatic heterocycles. The van der Waals surface area contributed by atoms with Crippen LogP contribution in [-0.4, -0.2) is 71.5 Å². The lowest BCUT2D eigenvalue weighted by molar-refractivity contribution is -0.384. The number of piperazine rings is 1. The lowest BCUT2D eigenvalue weighted by Gasteiger charge is -2.36. The highest BCUT2D eigenvalue weighted by atomic mass is 19.4. The van der Waals surface area contributed by atoms with E-state index in [0.717, 1.165) is 12.1 Å². The van der Waals surface area contributed by atoms with Crippen LogP contribution in [0.25, 0.3) is 0 Å². The Morgan fingerprint density at radius 2 is 1.60 bits per heavy atom. The summed E-state index contributed by atoms with van der Waals surface area (Å²) in [6, 6.07) is 11.1. The van der Waals surface area contributed by atoms with Crippen LogP contribution in [0.4, 0.5) is 29.3 Å². The highest BCUT2D eigenvalue weighted by Gasteiger charge is 2.68. The van der Waals surface area contributed by atoms with Crippen LogP contribution in [0.3, 0.4) is 0 Å². The van der Waals surface area contributed by atoms with Gasteiger partial charge >= 0.3 is 12.2 Å². The summed E-state index contributed by atoms with van der Waals surface area (Å²) in [6.45, 7) is -0.184. The van der Waals surface area contributed by atoms with Crippen LogP contribution in [0.2, 0.25) is 0 Å². The lowest BCUT2D eigenvalue weighted by atomic mass is 9.89. The predicted molar refractivity (Wildman–Crippen MR) is 116 cm³/mol. The first-order valence-corrected chi connectivity index (χ1v) is 10.6. The quantitative estimate of drug-likeness (QED) is 0.390. The molecule has 184 valence electrons. The average molecular weight is 491 g/mol. The van der Waals surface area contributed by atoms with Crippen molar-refractivity contribution in [2.45, 2.75) is 11.7 Å². The molecule has 2 aliphatic rings. The van der Waals surface area contributed by atoms with E-state index < -0.39 is 46.6 Å². The molecule has 4 rings (SSSR count). The van der Waals surface area contributed by atoms with Crippen molar-refractivity contribution in [2.75, 3.05) is 37.6 Å². The third-order valence-electron chi connectivity index (χ3n) is 6.08. The van der Waals surface area contributed by atoms with E-state index in [1.54, 1.807) is 22.3 Å². The molecule has 2 fully saturated rings. The van der Waals surface area contributed by atoms with E-state index in [0.29, 0.717) is 5.69 Å². The standard InChI is InChI=1S/C22H20F3N5O5/c23-22(24,25)21(15-6-2-1-3-7-15)19(32)29(20(33)26-21)14-18(31)28-12-10-27(11-13-28)16-8-4-5-9-17(16)30(34)35/h1-9H,10-14H2,(H,26,33). The van der Waals surface area contributed by atoms with Gasteiger partial charge in [0.05, 0.1) is 4.92 Å². The Hall–Kier alpha value is -4.16. The number of para-hydroxylation sites is 2. The largest absolute Gasteiger partial charge is 0.425 e. The molecule has 2 aromatic rings. The number of hydrogen-bond acceptors (Lipinski definition) is 6. The summed E-state index contributed by atoms with van der Waals surface area (Å²) in [5.74, 6) is -2.28. The zero-order chi connectivity index (χ0) is 25.4. The van der Waals surface area contributed by atoms with Crippen LogP contribution in [0.15, 0.2) is 54.6 Å². The number of nitrogens with one attached hydrogen (secondary N) is 1. The number of hydrogen-bond donors (Lipinski definition) is 1. The molecule has 1 N–H and O–H groups in total. The first kappa shape index (κ1) is 24.0. The second-order valence-corrected chi connectivity index (χ2v) is 8.05. The van der Waals surface area contributed by atoms with Gasteiger partial charge in [0.2, 0.25) is 11.4 Å². The summed E-state index contributed by atoms with van der Waals surface area (Å²) in [6.07, 6.45) is -5.14. The average Bonchev–Trinajstić information content (AvgIpc) is 3.10. The minimum absolute atomic E-state index is 0.0870. The number of nitrogens with zero attached hydrogens (tertiary/aromatic N) is 4. The van der Waals surface area contributed by atoms with E-state index >= 15 is 0 Å². The van der Waals surface area contributed by atoms with Gasteiger partial charge in [-0.2, -0.15) is 13.2 Å². The maximum absolute atomic E-state index is 14.1. The molecule has 0 spiro atoms. The maximum Gasteiger partial charge on any atom is 0.425 e. The first-order valence-electron chi connectivity index (χ1n) is 10.6. The number of urea groups is 1. The van der Waals surface area contributed by atoms with Gasteiger partial charge in [-0.05, 0) is 11.6 Å². The van der Waals surface area contributed by atoms with Crippen molar-refractivity contribution in [3.8, 4) is 0 Å². The van der Waals surface area contributed by atoms with Crippen LogP contribution in [0.5, 0.6) is 0 Å². The highest BCUT2D eigenvalue weighted by Crippen LogP contribution is 2.43. The molecule has 10 nitrogen and oxygen atoms in total. The van der Waals surface area contributed by atoms with Crippen molar-refractivity contribution in [3.63, 3.8) is 0 Å². The number of rotatable bonds is 5. The summed E-state index contributed by atoms with van der Waals surface area (Å²) in [5.41, 5.74) is -3.44. The molecule has 1 unspecified atom stereocenters. The third-order valence-corrected chi connectivity index (χ3v) is 6.08. The van der Waals surface area contributed by atoms with Gasteiger partial charge < -0.3 is 15.1 Å². The Morgan fingerprint density at radius 1 is 1.00 bits per heavy atom. The van der Waals surface area contributed by atoms with E-state index in [9.17, 15) is 37.7 Å². The Labute approximate surface area is 197 Å². The number of alkyl halides is 3. The number of halogens is 3. The normalized spacial score (nSPS) is 20.7. The number of carbonyl (C=O) groups is 3. The maximum atomic E-state index is 14.1. The molecule has 0 bridgehead atoms. The molecule has 0 radical (unpaired) electrons. The summed E-state index contributed by atoms with van der Waals surface area (Å²) >= 11 is 0. The van der Waals surface area contributed by atoms with Crippen molar-refractivity contribution in [1.29, 1.82) is 0 Å². The number of nitro benzene ring substituents is 1. The van der Waals surface area contributed by atoms with Gasteiger partial charge in [0.25, 0.3) is 11.6 Å². The van der Waals surface area contributed by atoms with Gasteiger partial charge in [0.15, 0.2) is 0 Å². The Morgan fingerprint density at radius 3 is 2.20 bits per heavy atom. The zero-order valence-electron chi connectivity index (χ0n) is 18.2. The van der Waals surface area contributed by atoms with Gasteiger partial charge in [-0.25, -0.2) is 4.79 Å². The predicted octanol–water partition coefficient (Wildman–Crippen LogP) is 2.25. The molecular formula is C22H20F3N5O5. The number of amides is 4. The zero-order valence-corrected chi connectivity index (χ0v) is 18.2. The van der Waals surface area contributed by atoms with Gasteiger partial charge in [-0.1, -0.05) is 42.5 Å². The summed E-state index contributed by atoms with van der Waals surface area (Å²) in [4.78, 5) is 52.2. The molecule has 4 amide bonds. The molecule has 2 heterocycles. The van der Waals surface area contributed by atoms with Crippen LogP contribution in [0.1, 0.15) is 5.56 Å². The minimum Gasteiger partial charge on any atom is -0.362 e. The number of benzene rings is 2. The molecule has 13 heteroatoms. The van der Waals surface area contributed by atoms with Crippen LogP contribution in [0, 0.1) is 10.1 Å². The number of nitro groups is 1. The molecule has 0 aromatic heterocycles. The van der Waals surface area contributed by atoms with Crippen LogP contribution in [-0.2, 0) is 15.1 Å². The lowest BCUT2D eigenvalue weighted by Crippen LogP contribution is -2.56. The Bertz CT molecular complexity index is 1170. The van der Waals surface area contributed by atoms with Crippen molar-refractivity contribution in [3.05, 3.63) is 70.3 Å². The molecular weight excluding hydrogens is 471 g/mol. The fourth-order valence-corrected chi connectivity index (χ4v) is 4.28. The third kappa shape index (κ3) is 4.13. The van der Waals surface area contributed by atoms with E-state index in [1.807, 2.05) is 0 Å². The second kappa shape index (κ2) is 8.89. The SMILES string of the molecule is O=C(CN1C(=O)NC(c2ccccc2)(C(F)(F)F)C1=O)N1CCN(c2ccccc2[N+](=O)[O-])CC1. The van der Waals surface area contributed by atoms with Gasteiger partial charge in [-0.3, -0.25) is 24.6 Å². The van der Waals surface area contributed by atoms with Crippen molar-refractivity contribution in [1.82, 2.24) is 15.1 Å². The van der Waals surface area contributed by atoms with E-state index in [1.165, 1.54) is 35.2 Å². The van der Waals surface area contributed by atoms with Crippen molar-refractivity contribution in [2.24, 2.45) is 0 Å². The smallest absolute Gasteiger partial charge is 0.362 e. The van der Waals surface area contributed by atoms with Crippen LogP contribution < -0.4 is 10.2 Å². The van der Waals surface area contributed by atoms with Gasteiger partial charge in [0.1, 0.15) is 12.2 Å². The monoisotopic (exact) mass is 491 g/mol. The van der Waals surface area contributed by atoms with Crippen molar-refractivity contribution < 1.29 is 32.5 Å². The summed E-state index contributed by atoms with van der Waals surface area (Å²) < 4.78 is 42.2. The highest BCUT2D eigenvalue weighted by molar-refractivity contribution is 6.10. The van der Waals surface area contributed by atoms with Gasteiger partial charge in [0, 0.05) is 32.2 Å². The van der Waals surface area contributed by atoms with Gasteiger partial charge in [-0.15, -0.1) is 0 Å². The molecule has 0 saturated carbocycles. The number of anilines is 1.